The maximum Gasteiger partial charge on any atom is 0.325 e. The largest absolute Gasteiger partial charge is 0.459 e. The predicted octanol–water partition coefficient (Wildman–Crippen LogP) is 2.94. The van der Waals surface area contributed by atoms with Crippen molar-refractivity contribution in [2.45, 2.75) is 66.0 Å². The van der Waals surface area contributed by atoms with Gasteiger partial charge in [-0.15, -0.1) is 24.0 Å². The van der Waals surface area contributed by atoms with E-state index in [1.54, 1.807) is 7.05 Å². The molecule has 0 fully saturated rings. The number of esters is 1. The van der Waals surface area contributed by atoms with Crippen LogP contribution in [0.15, 0.2) is 4.99 Å². The van der Waals surface area contributed by atoms with Crippen LogP contribution in [0.3, 0.4) is 0 Å². The van der Waals surface area contributed by atoms with E-state index in [4.69, 9.17) is 4.74 Å². The van der Waals surface area contributed by atoms with E-state index >= 15 is 0 Å². The van der Waals surface area contributed by atoms with Crippen molar-refractivity contribution in [1.82, 2.24) is 10.6 Å². The van der Waals surface area contributed by atoms with Crippen LogP contribution in [0.1, 0.15) is 54.4 Å². The highest BCUT2D eigenvalue weighted by atomic mass is 127. The highest BCUT2D eigenvalue weighted by Crippen LogP contribution is 2.07. The van der Waals surface area contributed by atoms with E-state index in [0.29, 0.717) is 17.9 Å². The molecule has 0 aliphatic carbocycles. The average molecular weight is 413 g/mol. The fraction of sp³-hybridized carbons (Fsp3) is 0.867. The summed E-state index contributed by atoms with van der Waals surface area (Å²) in [6.45, 7) is 12.2. The van der Waals surface area contributed by atoms with E-state index < -0.39 is 5.60 Å². The fourth-order valence-electron chi connectivity index (χ4n) is 1.62. The van der Waals surface area contributed by atoms with Gasteiger partial charge in [0, 0.05) is 13.1 Å². The lowest BCUT2D eigenvalue weighted by Gasteiger charge is -2.21. The molecule has 0 aliphatic heterocycles. The zero-order valence-corrected chi connectivity index (χ0v) is 16.8. The smallest absolute Gasteiger partial charge is 0.325 e. The summed E-state index contributed by atoms with van der Waals surface area (Å²) in [7, 11) is 1.69. The van der Waals surface area contributed by atoms with E-state index in [2.05, 4.69) is 36.4 Å². The standard InChI is InChI=1S/C15H31N3O2.HI/c1-11(2)8-9-12(3)18-14(16-7)17-10-13(19)20-15(4,5)6;/h11-12H,8-10H2,1-7H3,(H2,16,17,18);1H. The van der Waals surface area contributed by atoms with Crippen LogP contribution in [-0.2, 0) is 9.53 Å². The van der Waals surface area contributed by atoms with Crippen molar-refractivity contribution in [3.63, 3.8) is 0 Å². The Kier molecular flexibility index (Phi) is 12.0. The first kappa shape index (κ1) is 22.7. The van der Waals surface area contributed by atoms with E-state index in [1.807, 2.05) is 20.8 Å². The zero-order valence-electron chi connectivity index (χ0n) is 14.4. The van der Waals surface area contributed by atoms with Crippen LogP contribution < -0.4 is 10.6 Å². The van der Waals surface area contributed by atoms with E-state index in [0.717, 1.165) is 12.8 Å². The molecule has 0 aromatic carbocycles. The molecule has 0 aliphatic rings. The minimum Gasteiger partial charge on any atom is -0.459 e. The van der Waals surface area contributed by atoms with Gasteiger partial charge in [0.1, 0.15) is 12.1 Å². The van der Waals surface area contributed by atoms with Gasteiger partial charge in [0.15, 0.2) is 5.96 Å². The average Bonchev–Trinajstić information content (AvgIpc) is 2.29. The SMILES string of the molecule is CN=C(NCC(=O)OC(C)(C)C)NC(C)CCC(C)C.I. The van der Waals surface area contributed by atoms with Gasteiger partial charge in [-0.2, -0.15) is 0 Å². The minimum atomic E-state index is -0.458. The summed E-state index contributed by atoms with van der Waals surface area (Å²) in [6, 6.07) is 0.322. The maximum absolute atomic E-state index is 11.6. The third kappa shape index (κ3) is 14.2. The highest BCUT2D eigenvalue weighted by molar-refractivity contribution is 14.0. The number of carbonyl (C=O) groups is 1. The summed E-state index contributed by atoms with van der Waals surface area (Å²) in [5.41, 5.74) is -0.458. The molecule has 21 heavy (non-hydrogen) atoms. The number of hydrogen-bond donors (Lipinski definition) is 2. The molecule has 0 radical (unpaired) electrons. The van der Waals surface area contributed by atoms with Crippen molar-refractivity contribution in [3.05, 3.63) is 0 Å². The highest BCUT2D eigenvalue weighted by Gasteiger charge is 2.16. The van der Waals surface area contributed by atoms with Crippen LogP contribution in [0.5, 0.6) is 0 Å². The third-order valence-corrected chi connectivity index (χ3v) is 2.60. The van der Waals surface area contributed by atoms with E-state index in [1.165, 1.54) is 0 Å². The molecule has 0 bridgehead atoms. The number of aliphatic imine (C=N–C) groups is 1. The third-order valence-electron chi connectivity index (χ3n) is 2.60. The second-order valence-electron chi connectivity index (χ2n) is 6.53. The van der Waals surface area contributed by atoms with Crippen LogP contribution in [0.25, 0.3) is 0 Å². The molecule has 0 heterocycles. The van der Waals surface area contributed by atoms with Crippen molar-refractivity contribution in [2.24, 2.45) is 10.9 Å². The van der Waals surface area contributed by atoms with Crippen LogP contribution >= 0.6 is 24.0 Å². The molecule has 0 aromatic rings. The van der Waals surface area contributed by atoms with Gasteiger partial charge in [-0.1, -0.05) is 13.8 Å². The molecule has 1 atom stereocenters. The quantitative estimate of drug-likeness (QED) is 0.304. The monoisotopic (exact) mass is 413 g/mol. The van der Waals surface area contributed by atoms with Crippen molar-refractivity contribution >= 4 is 35.9 Å². The number of rotatable bonds is 6. The Morgan fingerprint density at radius 3 is 2.19 bits per heavy atom. The van der Waals surface area contributed by atoms with Crippen molar-refractivity contribution in [3.8, 4) is 0 Å². The summed E-state index contributed by atoms with van der Waals surface area (Å²) in [6.07, 6.45) is 2.24. The second-order valence-corrected chi connectivity index (χ2v) is 6.53. The summed E-state index contributed by atoms with van der Waals surface area (Å²) in [5.74, 6) is 1.04. The summed E-state index contributed by atoms with van der Waals surface area (Å²) >= 11 is 0. The van der Waals surface area contributed by atoms with E-state index in [9.17, 15) is 4.79 Å². The summed E-state index contributed by atoms with van der Waals surface area (Å²) in [5, 5.41) is 6.25. The molecular formula is C15H32IN3O2. The Balaban J connectivity index is 0. The first-order valence-electron chi connectivity index (χ1n) is 7.33. The first-order chi connectivity index (χ1) is 9.14. The van der Waals surface area contributed by atoms with Crippen molar-refractivity contribution in [1.29, 1.82) is 0 Å². The van der Waals surface area contributed by atoms with Gasteiger partial charge in [-0.05, 0) is 46.5 Å². The number of carbonyl (C=O) groups excluding carboxylic acids is 1. The Hall–Kier alpha value is -0.530. The van der Waals surface area contributed by atoms with E-state index in [-0.39, 0.29) is 36.5 Å². The number of halogens is 1. The lowest BCUT2D eigenvalue weighted by Crippen LogP contribution is -2.45. The molecular weight excluding hydrogens is 381 g/mol. The van der Waals surface area contributed by atoms with Gasteiger partial charge < -0.3 is 15.4 Å². The minimum absolute atomic E-state index is 0. The lowest BCUT2D eigenvalue weighted by molar-refractivity contribution is -0.153. The molecule has 0 amide bonds. The molecule has 1 unspecified atom stereocenters. The number of nitrogens with one attached hydrogen (secondary N) is 2. The molecule has 0 spiro atoms. The van der Waals surface area contributed by atoms with Crippen LogP contribution in [0.2, 0.25) is 0 Å². The molecule has 0 saturated carbocycles. The van der Waals surface area contributed by atoms with Crippen molar-refractivity contribution < 1.29 is 9.53 Å². The number of guanidine groups is 1. The molecule has 6 heteroatoms. The second kappa shape index (κ2) is 11.1. The predicted molar refractivity (Wildman–Crippen MR) is 99.3 cm³/mol. The zero-order chi connectivity index (χ0) is 15.8. The van der Waals surface area contributed by atoms with Crippen LogP contribution in [0.4, 0.5) is 0 Å². The topological polar surface area (TPSA) is 62.7 Å². The molecule has 2 N–H and O–H groups in total. The van der Waals surface area contributed by atoms with Crippen molar-refractivity contribution in [2.75, 3.05) is 13.6 Å². The Morgan fingerprint density at radius 1 is 1.19 bits per heavy atom. The molecule has 126 valence electrons. The molecule has 0 rings (SSSR count). The Bertz CT molecular complexity index is 325. The fourth-order valence-corrected chi connectivity index (χ4v) is 1.62. The molecule has 0 aromatic heterocycles. The van der Waals surface area contributed by atoms with Gasteiger partial charge in [-0.25, -0.2) is 0 Å². The Labute approximate surface area is 146 Å². The maximum atomic E-state index is 11.6. The number of nitrogens with zero attached hydrogens (tertiary/aromatic N) is 1. The van der Waals surface area contributed by atoms with Gasteiger partial charge in [0.05, 0.1) is 0 Å². The Morgan fingerprint density at radius 2 is 1.76 bits per heavy atom. The lowest BCUT2D eigenvalue weighted by atomic mass is 10.0. The van der Waals surface area contributed by atoms with Crippen LogP contribution in [0, 0.1) is 5.92 Å². The normalized spacial score (nSPS) is 13.4. The van der Waals surface area contributed by atoms with Gasteiger partial charge >= 0.3 is 5.97 Å². The number of hydrogen-bond acceptors (Lipinski definition) is 3. The van der Waals surface area contributed by atoms with Gasteiger partial charge in [0.2, 0.25) is 0 Å². The van der Waals surface area contributed by atoms with Gasteiger partial charge in [-0.3, -0.25) is 9.79 Å². The number of ether oxygens (including phenoxy) is 1. The molecule has 0 saturated heterocycles. The summed E-state index contributed by atoms with van der Waals surface area (Å²) in [4.78, 5) is 15.7. The van der Waals surface area contributed by atoms with Crippen LogP contribution in [-0.4, -0.2) is 37.2 Å². The first-order valence-corrected chi connectivity index (χ1v) is 7.33. The molecule has 5 nitrogen and oxygen atoms in total. The summed E-state index contributed by atoms with van der Waals surface area (Å²) < 4.78 is 5.23. The van der Waals surface area contributed by atoms with Gasteiger partial charge in [0.25, 0.3) is 0 Å².